The predicted octanol–water partition coefficient (Wildman–Crippen LogP) is 2.81. The van der Waals surface area contributed by atoms with Crippen molar-refractivity contribution in [2.75, 3.05) is 0 Å². The van der Waals surface area contributed by atoms with Gasteiger partial charge >= 0.3 is 5.97 Å². The fourth-order valence-corrected chi connectivity index (χ4v) is 1.11. The minimum absolute atomic E-state index is 0.111. The van der Waals surface area contributed by atoms with Gasteiger partial charge < -0.3 is 4.74 Å². The molecule has 2 heteroatoms. The first kappa shape index (κ1) is 10.5. The number of hydrogen-bond donors (Lipinski definition) is 0. The van der Waals surface area contributed by atoms with Crippen molar-refractivity contribution in [3.63, 3.8) is 0 Å². The monoisotopic (exact) mass is 190 g/mol. The number of carbonyl (C=O) groups is 1. The smallest absolute Gasteiger partial charge is 0.338 e. The molecule has 0 radical (unpaired) electrons. The molecular weight excluding hydrogens is 176 g/mol. The Morgan fingerprint density at radius 1 is 1.50 bits per heavy atom. The molecule has 1 atom stereocenters. The maximum absolute atomic E-state index is 11.5. The van der Waals surface area contributed by atoms with Crippen molar-refractivity contribution < 1.29 is 9.53 Å². The van der Waals surface area contributed by atoms with Gasteiger partial charge in [-0.15, -0.1) is 6.58 Å². The first-order chi connectivity index (χ1) is 6.74. The fourth-order valence-electron chi connectivity index (χ4n) is 1.11. The lowest BCUT2D eigenvalue weighted by molar-refractivity contribution is 0.0348. The number of hydrogen-bond acceptors (Lipinski definition) is 2. The van der Waals surface area contributed by atoms with Crippen LogP contribution in [-0.2, 0) is 4.74 Å². The van der Waals surface area contributed by atoms with E-state index in [1.807, 2.05) is 25.1 Å². The van der Waals surface area contributed by atoms with Crippen LogP contribution in [0, 0.1) is 0 Å². The van der Waals surface area contributed by atoms with Gasteiger partial charge in [-0.2, -0.15) is 0 Å². The van der Waals surface area contributed by atoms with Gasteiger partial charge in [-0.1, -0.05) is 24.3 Å². The van der Waals surface area contributed by atoms with Gasteiger partial charge in [-0.25, -0.2) is 4.79 Å². The molecule has 0 aromatic heterocycles. The highest BCUT2D eigenvalue weighted by molar-refractivity contribution is 5.89. The van der Waals surface area contributed by atoms with Gasteiger partial charge in [0.05, 0.1) is 5.56 Å². The van der Waals surface area contributed by atoms with Crippen molar-refractivity contribution in [1.29, 1.82) is 0 Å². The molecular formula is C12H14O2. The molecule has 0 aliphatic rings. The van der Waals surface area contributed by atoms with Gasteiger partial charge in [0.25, 0.3) is 0 Å². The van der Waals surface area contributed by atoms with Crippen molar-refractivity contribution in [3.8, 4) is 0 Å². The lowest BCUT2D eigenvalue weighted by Crippen LogP contribution is -2.14. The first-order valence-electron chi connectivity index (χ1n) is 4.61. The zero-order valence-electron chi connectivity index (χ0n) is 8.27. The maximum Gasteiger partial charge on any atom is 0.338 e. The summed E-state index contributed by atoms with van der Waals surface area (Å²) in [5.41, 5.74) is 0.586. The number of carbonyl (C=O) groups excluding carboxylic acids is 1. The third-order valence-corrected chi connectivity index (χ3v) is 1.82. The molecule has 1 rings (SSSR count). The van der Waals surface area contributed by atoms with E-state index in [1.165, 1.54) is 0 Å². The van der Waals surface area contributed by atoms with Crippen LogP contribution in [0.2, 0.25) is 0 Å². The third kappa shape index (κ3) is 3.05. The summed E-state index contributed by atoms with van der Waals surface area (Å²) in [6.45, 7) is 5.44. The van der Waals surface area contributed by atoms with Crippen LogP contribution in [0.5, 0.6) is 0 Å². The Hall–Kier alpha value is -1.57. The van der Waals surface area contributed by atoms with Crippen molar-refractivity contribution in [3.05, 3.63) is 48.6 Å². The Kier molecular flexibility index (Phi) is 3.92. The van der Waals surface area contributed by atoms with Crippen LogP contribution in [0.1, 0.15) is 23.7 Å². The van der Waals surface area contributed by atoms with Crippen molar-refractivity contribution in [2.45, 2.75) is 19.4 Å². The largest absolute Gasteiger partial charge is 0.459 e. The molecule has 0 heterocycles. The SMILES string of the molecule is C=CCC(C)OC(=O)c1ccccc1. The fraction of sp³-hybridized carbons (Fsp3) is 0.250. The highest BCUT2D eigenvalue weighted by Gasteiger charge is 2.09. The molecule has 14 heavy (non-hydrogen) atoms. The predicted molar refractivity (Wildman–Crippen MR) is 56.1 cm³/mol. The minimum Gasteiger partial charge on any atom is -0.459 e. The van der Waals surface area contributed by atoms with Crippen molar-refractivity contribution >= 4 is 5.97 Å². The third-order valence-electron chi connectivity index (χ3n) is 1.82. The summed E-state index contributed by atoms with van der Waals surface area (Å²) in [4.78, 5) is 11.5. The van der Waals surface area contributed by atoms with E-state index in [-0.39, 0.29) is 12.1 Å². The average Bonchev–Trinajstić information content (AvgIpc) is 2.19. The molecule has 0 N–H and O–H groups in total. The lowest BCUT2D eigenvalue weighted by Gasteiger charge is -2.10. The second kappa shape index (κ2) is 5.22. The standard InChI is InChI=1S/C12H14O2/c1-3-7-10(2)14-12(13)11-8-5-4-6-9-11/h3-6,8-10H,1,7H2,2H3. The topological polar surface area (TPSA) is 26.3 Å². The van der Waals surface area contributed by atoms with Crippen LogP contribution in [0.3, 0.4) is 0 Å². The molecule has 0 aliphatic carbocycles. The summed E-state index contributed by atoms with van der Waals surface area (Å²) >= 11 is 0. The number of benzene rings is 1. The quantitative estimate of drug-likeness (QED) is 0.539. The molecule has 0 bridgehead atoms. The van der Waals surface area contributed by atoms with Gasteiger partial charge in [-0.3, -0.25) is 0 Å². The second-order valence-electron chi connectivity index (χ2n) is 3.11. The van der Waals surface area contributed by atoms with E-state index in [0.717, 1.165) is 0 Å². The zero-order chi connectivity index (χ0) is 10.4. The van der Waals surface area contributed by atoms with E-state index >= 15 is 0 Å². The summed E-state index contributed by atoms with van der Waals surface area (Å²) in [6, 6.07) is 8.97. The van der Waals surface area contributed by atoms with Crippen molar-refractivity contribution in [1.82, 2.24) is 0 Å². The van der Waals surface area contributed by atoms with Crippen LogP contribution in [0.25, 0.3) is 0 Å². The minimum atomic E-state index is -0.278. The van der Waals surface area contributed by atoms with Gasteiger partial charge in [0, 0.05) is 6.42 Å². The highest BCUT2D eigenvalue weighted by atomic mass is 16.5. The molecule has 0 spiro atoms. The van der Waals surface area contributed by atoms with Crippen LogP contribution >= 0.6 is 0 Å². The van der Waals surface area contributed by atoms with Gasteiger partial charge in [0.2, 0.25) is 0 Å². The number of ether oxygens (including phenoxy) is 1. The molecule has 1 aromatic rings. The van der Waals surface area contributed by atoms with E-state index in [2.05, 4.69) is 6.58 Å². The molecule has 0 saturated carbocycles. The summed E-state index contributed by atoms with van der Waals surface area (Å²) in [6.07, 6.45) is 2.31. The van der Waals surface area contributed by atoms with Crippen molar-refractivity contribution in [2.24, 2.45) is 0 Å². The molecule has 0 aliphatic heterocycles. The van der Waals surface area contributed by atoms with E-state index in [4.69, 9.17) is 4.74 Å². The Morgan fingerprint density at radius 2 is 2.14 bits per heavy atom. The Bertz CT molecular complexity index is 303. The van der Waals surface area contributed by atoms with Crippen LogP contribution in [-0.4, -0.2) is 12.1 Å². The molecule has 0 amide bonds. The zero-order valence-corrected chi connectivity index (χ0v) is 8.27. The van der Waals surface area contributed by atoms with Crippen LogP contribution < -0.4 is 0 Å². The Balaban J connectivity index is 2.55. The highest BCUT2D eigenvalue weighted by Crippen LogP contribution is 2.05. The molecule has 0 saturated heterocycles. The van der Waals surface area contributed by atoms with Crippen LogP contribution in [0.15, 0.2) is 43.0 Å². The van der Waals surface area contributed by atoms with E-state index in [9.17, 15) is 4.79 Å². The second-order valence-corrected chi connectivity index (χ2v) is 3.11. The van der Waals surface area contributed by atoms with Gasteiger partial charge in [-0.05, 0) is 19.1 Å². The van der Waals surface area contributed by atoms with Gasteiger partial charge in [0.1, 0.15) is 6.10 Å². The summed E-state index contributed by atoms with van der Waals surface area (Å²) in [5.74, 6) is -0.278. The molecule has 1 aromatic carbocycles. The van der Waals surface area contributed by atoms with E-state index in [0.29, 0.717) is 12.0 Å². The summed E-state index contributed by atoms with van der Waals surface area (Å²) < 4.78 is 5.17. The van der Waals surface area contributed by atoms with Crippen LogP contribution in [0.4, 0.5) is 0 Å². The normalized spacial score (nSPS) is 11.8. The van der Waals surface area contributed by atoms with Gasteiger partial charge in [0.15, 0.2) is 0 Å². The summed E-state index contributed by atoms with van der Waals surface area (Å²) in [7, 11) is 0. The molecule has 2 nitrogen and oxygen atoms in total. The maximum atomic E-state index is 11.5. The molecule has 74 valence electrons. The number of rotatable bonds is 4. The van der Waals surface area contributed by atoms with E-state index < -0.39 is 0 Å². The number of esters is 1. The molecule has 1 unspecified atom stereocenters. The lowest BCUT2D eigenvalue weighted by atomic mass is 10.2. The Morgan fingerprint density at radius 3 is 2.71 bits per heavy atom. The van der Waals surface area contributed by atoms with E-state index in [1.54, 1.807) is 18.2 Å². The first-order valence-corrected chi connectivity index (χ1v) is 4.61. The molecule has 0 fully saturated rings. The Labute approximate surface area is 84.2 Å². The average molecular weight is 190 g/mol. The summed E-state index contributed by atoms with van der Waals surface area (Å²) in [5, 5.41) is 0.